The van der Waals surface area contributed by atoms with Crippen molar-refractivity contribution in [1.29, 1.82) is 0 Å². The second kappa shape index (κ2) is 8.71. The van der Waals surface area contributed by atoms with Crippen LogP contribution in [0.15, 0.2) is 72.8 Å². The smallest absolute Gasteiger partial charge is 0.272 e. The number of fused-ring (bicyclic) bond motifs is 1. The summed E-state index contributed by atoms with van der Waals surface area (Å²) in [4.78, 5) is 40.1. The van der Waals surface area contributed by atoms with Crippen molar-refractivity contribution in [2.24, 2.45) is 17.6 Å². The first kappa shape index (κ1) is 22.0. The van der Waals surface area contributed by atoms with Crippen molar-refractivity contribution < 1.29 is 18.9 Å². The summed E-state index contributed by atoms with van der Waals surface area (Å²) in [5.41, 5.74) is 7.45. The van der Waals surface area contributed by atoms with Gasteiger partial charge in [-0.2, -0.15) is 0 Å². The van der Waals surface area contributed by atoms with E-state index in [0.29, 0.717) is 11.0 Å². The maximum Gasteiger partial charge on any atom is 0.272 e. The Balaban J connectivity index is 1.67. The first-order valence-electron chi connectivity index (χ1n) is 11.0. The van der Waals surface area contributed by atoms with Gasteiger partial charge < -0.3 is 10.2 Å². The van der Waals surface area contributed by atoms with Crippen LogP contribution in [0.25, 0.3) is 0 Å². The number of hydrogen-bond acceptors (Lipinski definition) is 3. The first-order chi connectivity index (χ1) is 15.3. The molecule has 0 bridgehead atoms. The fourth-order valence-electron chi connectivity index (χ4n) is 5.09. The third-order valence-corrected chi connectivity index (χ3v) is 6.67. The van der Waals surface area contributed by atoms with Crippen molar-refractivity contribution in [2.75, 3.05) is 33.7 Å². The average molecular weight is 433 g/mol. The zero-order valence-electron chi connectivity index (χ0n) is 18.6. The molecule has 1 saturated heterocycles. The Hall–Kier alpha value is -3.25. The SMILES string of the molecule is C[N+](C)(CCN1C(=O)[C@H]2[C@H](C1=O)[C@H](c1ccccc1)C=C[C@H]2c1ccccc1)CC(N)=O. The number of likely N-dealkylation sites (tertiary alicyclic amines) is 1. The number of carbonyl (C=O) groups is 3. The van der Waals surface area contributed by atoms with Crippen LogP contribution >= 0.6 is 0 Å². The quantitative estimate of drug-likeness (QED) is 0.414. The van der Waals surface area contributed by atoms with E-state index < -0.39 is 17.7 Å². The molecule has 0 saturated carbocycles. The minimum absolute atomic E-state index is 0.127. The number of nitrogens with zero attached hydrogens (tertiary/aromatic N) is 2. The Bertz CT molecular complexity index is 965. The van der Waals surface area contributed by atoms with E-state index in [1.165, 1.54) is 4.90 Å². The van der Waals surface area contributed by atoms with Gasteiger partial charge in [-0.05, 0) is 11.1 Å². The molecule has 0 aromatic heterocycles. The van der Waals surface area contributed by atoms with Crippen LogP contribution in [0.4, 0.5) is 0 Å². The van der Waals surface area contributed by atoms with Crippen LogP contribution in [0.1, 0.15) is 23.0 Å². The second-order valence-electron chi connectivity index (χ2n) is 9.42. The summed E-state index contributed by atoms with van der Waals surface area (Å²) in [7, 11) is 3.76. The molecule has 32 heavy (non-hydrogen) atoms. The lowest BCUT2D eigenvalue weighted by atomic mass is 9.68. The van der Waals surface area contributed by atoms with Crippen molar-refractivity contribution in [3.8, 4) is 0 Å². The van der Waals surface area contributed by atoms with Crippen molar-refractivity contribution >= 4 is 17.7 Å². The molecule has 2 aromatic rings. The molecule has 4 rings (SSSR count). The van der Waals surface area contributed by atoms with Gasteiger partial charge in [0.05, 0.1) is 39.0 Å². The van der Waals surface area contributed by atoms with E-state index in [-0.39, 0.29) is 36.7 Å². The van der Waals surface area contributed by atoms with Crippen molar-refractivity contribution in [2.45, 2.75) is 11.8 Å². The summed E-state index contributed by atoms with van der Waals surface area (Å²) in [6, 6.07) is 19.8. The highest BCUT2D eigenvalue weighted by molar-refractivity contribution is 6.06. The van der Waals surface area contributed by atoms with Gasteiger partial charge in [0.15, 0.2) is 6.54 Å². The van der Waals surface area contributed by atoms with E-state index in [1.807, 2.05) is 74.8 Å². The van der Waals surface area contributed by atoms with Gasteiger partial charge in [-0.1, -0.05) is 72.8 Å². The number of rotatable bonds is 7. The zero-order valence-corrected chi connectivity index (χ0v) is 18.6. The lowest BCUT2D eigenvalue weighted by molar-refractivity contribution is -0.881. The number of likely N-dealkylation sites (N-methyl/N-ethyl adjacent to an activating group) is 1. The topological polar surface area (TPSA) is 80.5 Å². The zero-order chi connectivity index (χ0) is 22.9. The summed E-state index contributed by atoms with van der Waals surface area (Å²) in [5.74, 6) is -1.82. The summed E-state index contributed by atoms with van der Waals surface area (Å²) in [5, 5.41) is 0. The summed E-state index contributed by atoms with van der Waals surface area (Å²) in [6.45, 7) is 0.900. The van der Waals surface area contributed by atoms with E-state index in [2.05, 4.69) is 12.2 Å². The van der Waals surface area contributed by atoms with E-state index in [1.54, 1.807) is 0 Å². The maximum absolute atomic E-state index is 13.6. The van der Waals surface area contributed by atoms with Crippen LogP contribution in [-0.2, 0) is 14.4 Å². The fourth-order valence-corrected chi connectivity index (χ4v) is 5.09. The van der Waals surface area contributed by atoms with Crippen molar-refractivity contribution in [3.63, 3.8) is 0 Å². The molecule has 6 heteroatoms. The summed E-state index contributed by atoms with van der Waals surface area (Å²) < 4.78 is 0.324. The molecule has 1 aliphatic carbocycles. The average Bonchev–Trinajstić information content (AvgIpc) is 3.02. The van der Waals surface area contributed by atoms with E-state index in [0.717, 1.165) is 11.1 Å². The third-order valence-electron chi connectivity index (χ3n) is 6.67. The van der Waals surface area contributed by atoms with Gasteiger partial charge >= 0.3 is 0 Å². The summed E-state index contributed by atoms with van der Waals surface area (Å²) >= 11 is 0. The Morgan fingerprint density at radius 2 is 1.28 bits per heavy atom. The molecule has 1 heterocycles. The normalized spacial score (nSPS) is 25.1. The lowest BCUT2D eigenvalue weighted by Crippen LogP contribution is -2.50. The van der Waals surface area contributed by atoms with Gasteiger partial charge in [0.25, 0.3) is 5.91 Å². The van der Waals surface area contributed by atoms with Crippen LogP contribution in [0, 0.1) is 11.8 Å². The van der Waals surface area contributed by atoms with E-state index >= 15 is 0 Å². The molecule has 1 aliphatic heterocycles. The van der Waals surface area contributed by atoms with Crippen LogP contribution in [0.3, 0.4) is 0 Å². The molecule has 2 N–H and O–H groups in total. The number of quaternary nitrogens is 1. The minimum Gasteiger partial charge on any atom is -0.365 e. The van der Waals surface area contributed by atoms with Gasteiger partial charge in [-0.15, -0.1) is 0 Å². The molecular weight excluding hydrogens is 402 g/mol. The number of primary amides is 1. The number of benzene rings is 2. The molecule has 0 spiro atoms. The summed E-state index contributed by atoms with van der Waals surface area (Å²) in [6.07, 6.45) is 4.19. The number of allylic oxidation sites excluding steroid dienone is 2. The fraction of sp³-hybridized carbons (Fsp3) is 0.346. The van der Waals surface area contributed by atoms with E-state index in [9.17, 15) is 14.4 Å². The Morgan fingerprint density at radius 3 is 1.69 bits per heavy atom. The first-order valence-corrected chi connectivity index (χ1v) is 11.0. The molecule has 6 nitrogen and oxygen atoms in total. The molecule has 4 atom stereocenters. The Labute approximate surface area is 188 Å². The van der Waals surface area contributed by atoms with E-state index in [4.69, 9.17) is 5.73 Å². The molecule has 1 fully saturated rings. The number of carbonyl (C=O) groups excluding carboxylic acids is 3. The second-order valence-corrected chi connectivity index (χ2v) is 9.42. The molecule has 2 aromatic carbocycles. The highest BCUT2D eigenvalue weighted by Gasteiger charge is 2.55. The highest BCUT2D eigenvalue weighted by atomic mass is 16.2. The molecule has 2 aliphatic rings. The Kier molecular flexibility index (Phi) is 5.98. The van der Waals surface area contributed by atoms with Gasteiger partial charge in [0, 0.05) is 11.8 Å². The highest BCUT2D eigenvalue weighted by Crippen LogP contribution is 2.49. The third kappa shape index (κ3) is 4.23. The van der Waals surface area contributed by atoms with Gasteiger partial charge in [-0.25, -0.2) is 0 Å². The lowest BCUT2D eigenvalue weighted by Gasteiger charge is -2.32. The number of hydrogen-bond donors (Lipinski definition) is 1. The predicted octanol–water partition coefficient (Wildman–Crippen LogP) is 2.29. The molecule has 0 radical (unpaired) electrons. The van der Waals surface area contributed by atoms with Gasteiger partial charge in [-0.3, -0.25) is 19.3 Å². The van der Waals surface area contributed by atoms with Crippen LogP contribution in [0.2, 0.25) is 0 Å². The molecule has 0 unspecified atom stereocenters. The molecule has 166 valence electrons. The largest absolute Gasteiger partial charge is 0.365 e. The molecule has 3 amide bonds. The van der Waals surface area contributed by atoms with Crippen LogP contribution in [0.5, 0.6) is 0 Å². The maximum atomic E-state index is 13.6. The molecular formula is C26H30N3O3+. The monoisotopic (exact) mass is 432 g/mol. The van der Waals surface area contributed by atoms with Crippen molar-refractivity contribution in [3.05, 3.63) is 83.9 Å². The van der Waals surface area contributed by atoms with Crippen molar-refractivity contribution in [1.82, 2.24) is 4.90 Å². The van der Waals surface area contributed by atoms with Crippen LogP contribution in [-0.4, -0.2) is 60.8 Å². The van der Waals surface area contributed by atoms with Gasteiger partial charge in [0.1, 0.15) is 0 Å². The predicted molar refractivity (Wildman–Crippen MR) is 122 cm³/mol. The Morgan fingerprint density at radius 1 is 0.844 bits per heavy atom. The number of amides is 3. The minimum atomic E-state index is -0.438. The van der Waals surface area contributed by atoms with Crippen LogP contribution < -0.4 is 5.73 Å². The number of imide groups is 1. The number of nitrogens with two attached hydrogens (primary N) is 1. The van der Waals surface area contributed by atoms with Gasteiger partial charge in [0.2, 0.25) is 11.8 Å². The standard InChI is InChI=1S/C26H29N3O3/c1-29(2,17-22(27)30)16-15-28-25(31)23-20(18-9-5-3-6-10-18)13-14-21(24(23)26(28)32)19-11-7-4-8-12-19/h3-14,20-21,23-24H,15-17H2,1-2H3,(H-,27,30)/p+1/t20-,21-,23+,24+/m0/s1.